The molecule has 13 heteroatoms. The van der Waals surface area contributed by atoms with Gasteiger partial charge in [0.15, 0.2) is 15.8 Å². The Morgan fingerprint density at radius 2 is 2.00 bits per heavy atom. The molecule has 214 valence electrons. The van der Waals surface area contributed by atoms with E-state index < -0.39 is 32.9 Å². The van der Waals surface area contributed by atoms with Crippen molar-refractivity contribution in [2.75, 3.05) is 26.2 Å². The Hall–Kier alpha value is -3.06. The number of carbonyl (C=O) groups excluding carboxylic acids is 1. The number of carbonyl (C=O) groups is 2. The van der Waals surface area contributed by atoms with Crippen molar-refractivity contribution in [3.63, 3.8) is 0 Å². The van der Waals surface area contributed by atoms with E-state index in [1.54, 1.807) is 31.2 Å². The summed E-state index contributed by atoms with van der Waals surface area (Å²) in [5, 5.41) is 27.1. The van der Waals surface area contributed by atoms with E-state index in [0.29, 0.717) is 30.6 Å². The summed E-state index contributed by atoms with van der Waals surface area (Å²) in [4.78, 5) is 29.0. The first-order valence-corrected chi connectivity index (χ1v) is 15.8. The molecule has 0 radical (unpaired) electrons. The number of unbranched alkanes of at least 4 members (excludes halogenated alkanes) is 1. The second kappa shape index (κ2) is 15.5. The van der Waals surface area contributed by atoms with Crippen molar-refractivity contribution in [1.82, 2.24) is 26.1 Å². The zero-order valence-electron chi connectivity index (χ0n) is 22.3. The van der Waals surface area contributed by atoms with Crippen molar-refractivity contribution in [2.24, 2.45) is 10.9 Å². The van der Waals surface area contributed by atoms with Crippen LogP contribution in [0.2, 0.25) is 0 Å². The van der Waals surface area contributed by atoms with Crippen molar-refractivity contribution in [2.45, 2.75) is 63.5 Å². The molecule has 0 saturated carbocycles. The summed E-state index contributed by atoms with van der Waals surface area (Å²) in [6, 6.07) is 0. The van der Waals surface area contributed by atoms with Crippen LogP contribution in [0.15, 0.2) is 40.3 Å². The number of carboxylic acid groups (broad SMARTS) is 1. The second-order valence-corrected chi connectivity index (χ2v) is 13.1. The van der Waals surface area contributed by atoms with E-state index in [1.807, 2.05) is 6.08 Å². The van der Waals surface area contributed by atoms with Gasteiger partial charge in [0.05, 0.1) is 11.2 Å². The van der Waals surface area contributed by atoms with Gasteiger partial charge in [-0.15, -0.1) is 10.2 Å². The molecule has 0 saturated heterocycles. The van der Waals surface area contributed by atoms with Crippen LogP contribution in [0.25, 0.3) is 0 Å². The molecular formula is C26H38N6O5S2. The minimum absolute atomic E-state index is 0.0610. The lowest BCUT2D eigenvalue weighted by molar-refractivity contribution is -0.141. The first-order valence-electron chi connectivity index (χ1n) is 13.4. The molecule has 11 nitrogen and oxygen atoms in total. The number of aromatic nitrogens is 2. The summed E-state index contributed by atoms with van der Waals surface area (Å²) in [5.74, 6) is -1.47. The fourth-order valence-electron chi connectivity index (χ4n) is 4.14. The van der Waals surface area contributed by atoms with E-state index in [-0.39, 0.29) is 18.0 Å². The maximum absolute atomic E-state index is 12.9. The number of amides is 1. The van der Waals surface area contributed by atoms with E-state index in [4.69, 9.17) is 0 Å². The highest BCUT2D eigenvalue weighted by molar-refractivity contribution is 7.95. The molecule has 4 N–H and O–H groups in total. The number of aryl methyl sites for hydroxylation is 1. The van der Waals surface area contributed by atoms with Crippen LogP contribution in [0.3, 0.4) is 0 Å². The molecule has 2 unspecified atom stereocenters. The lowest BCUT2D eigenvalue weighted by atomic mass is 10.0. The molecule has 1 aromatic rings. The number of sulfone groups is 1. The van der Waals surface area contributed by atoms with E-state index in [9.17, 15) is 23.1 Å². The van der Waals surface area contributed by atoms with Gasteiger partial charge in [-0.1, -0.05) is 42.1 Å². The molecule has 1 aliphatic heterocycles. The Bertz CT molecular complexity index is 1210. The summed E-state index contributed by atoms with van der Waals surface area (Å²) < 4.78 is 25.7. The molecule has 1 aromatic heterocycles. The standard InChI is InChI=1S/C26H38N6O5S2/c1-19(39(36,37)21-12-4-2-3-5-13-21)10-8-11-20(25(34)35)18-30-23(33)24-32-31-22(38-24)14-6-7-15-27-26-28-16-9-17-29-26/h2-5,12,19-20H,6-11,13-18H2,1H3,(H,30,33)(H,34,35)(H2,27,28,29). The molecule has 0 spiro atoms. The molecule has 0 aromatic carbocycles. The molecule has 1 amide bonds. The normalized spacial score (nSPS) is 16.8. The maximum Gasteiger partial charge on any atom is 0.308 e. The van der Waals surface area contributed by atoms with Gasteiger partial charge in [-0.2, -0.15) is 0 Å². The number of nitrogens with zero attached hydrogens (tertiary/aromatic N) is 3. The third-order valence-electron chi connectivity index (χ3n) is 6.54. The smallest absolute Gasteiger partial charge is 0.308 e. The average Bonchev–Trinajstić information content (AvgIpc) is 3.22. The minimum atomic E-state index is -3.46. The van der Waals surface area contributed by atoms with Crippen LogP contribution in [-0.4, -0.2) is 73.0 Å². The highest BCUT2D eigenvalue weighted by Gasteiger charge is 2.26. The van der Waals surface area contributed by atoms with Crippen molar-refractivity contribution in [3.8, 4) is 0 Å². The van der Waals surface area contributed by atoms with Gasteiger partial charge in [-0.3, -0.25) is 14.6 Å². The summed E-state index contributed by atoms with van der Waals surface area (Å²) in [7, 11) is -3.46. The van der Waals surface area contributed by atoms with Gasteiger partial charge in [-0.25, -0.2) is 8.42 Å². The average molecular weight is 579 g/mol. The predicted octanol–water partition coefficient (Wildman–Crippen LogP) is 2.60. The Morgan fingerprint density at radius 3 is 2.77 bits per heavy atom. The zero-order valence-corrected chi connectivity index (χ0v) is 23.9. The molecule has 3 rings (SSSR count). The highest BCUT2D eigenvalue weighted by atomic mass is 32.2. The Morgan fingerprint density at radius 1 is 1.15 bits per heavy atom. The molecule has 1 aliphatic carbocycles. The second-order valence-electron chi connectivity index (χ2n) is 9.58. The van der Waals surface area contributed by atoms with E-state index in [0.717, 1.165) is 49.9 Å². The quantitative estimate of drug-likeness (QED) is 0.229. The van der Waals surface area contributed by atoms with Crippen LogP contribution in [-0.2, 0) is 21.1 Å². The summed E-state index contributed by atoms with van der Waals surface area (Å²) in [6.45, 7) is 4.17. The minimum Gasteiger partial charge on any atom is -0.481 e. The molecule has 39 heavy (non-hydrogen) atoms. The third-order valence-corrected chi connectivity index (χ3v) is 9.85. The molecular weight excluding hydrogens is 540 g/mol. The van der Waals surface area contributed by atoms with Crippen molar-refractivity contribution in [3.05, 3.63) is 45.3 Å². The van der Waals surface area contributed by atoms with E-state index >= 15 is 0 Å². The van der Waals surface area contributed by atoms with E-state index in [1.165, 1.54) is 11.3 Å². The number of hydrogen-bond donors (Lipinski definition) is 4. The number of aliphatic imine (C=N–C) groups is 1. The van der Waals surface area contributed by atoms with Crippen LogP contribution in [0.4, 0.5) is 0 Å². The summed E-state index contributed by atoms with van der Waals surface area (Å²) in [6.07, 6.45) is 13.6. The Balaban J connectivity index is 1.37. The Kier molecular flexibility index (Phi) is 12.1. The van der Waals surface area contributed by atoms with E-state index in [2.05, 4.69) is 31.1 Å². The van der Waals surface area contributed by atoms with Crippen LogP contribution in [0.5, 0.6) is 0 Å². The predicted molar refractivity (Wildman–Crippen MR) is 152 cm³/mol. The number of nitrogens with one attached hydrogen (secondary N) is 3. The van der Waals surface area contributed by atoms with Gasteiger partial charge in [-0.05, 0) is 45.1 Å². The van der Waals surface area contributed by atoms with Crippen molar-refractivity contribution < 1.29 is 23.1 Å². The highest BCUT2D eigenvalue weighted by Crippen LogP contribution is 2.23. The fourth-order valence-corrected chi connectivity index (χ4v) is 6.53. The number of guanidine groups is 1. The topological polar surface area (TPSA) is 163 Å². The van der Waals surface area contributed by atoms with Crippen molar-refractivity contribution in [1.29, 1.82) is 0 Å². The summed E-state index contributed by atoms with van der Waals surface area (Å²) >= 11 is 1.21. The molecule has 2 atom stereocenters. The van der Waals surface area contributed by atoms with Gasteiger partial charge in [0.1, 0.15) is 5.01 Å². The first-order chi connectivity index (χ1) is 18.8. The maximum atomic E-state index is 12.9. The van der Waals surface area contributed by atoms with Crippen LogP contribution in [0.1, 0.15) is 66.7 Å². The number of allylic oxidation sites excluding steroid dienone is 6. The lowest BCUT2D eigenvalue weighted by Gasteiger charge is -2.17. The van der Waals surface area contributed by atoms with Crippen LogP contribution < -0.4 is 16.0 Å². The van der Waals surface area contributed by atoms with Gasteiger partial charge in [0.25, 0.3) is 5.91 Å². The summed E-state index contributed by atoms with van der Waals surface area (Å²) in [5.41, 5.74) is 0. The number of rotatable bonds is 15. The molecule has 0 bridgehead atoms. The number of aliphatic carboxylic acids is 1. The monoisotopic (exact) mass is 578 g/mol. The Labute approximate surface area is 233 Å². The van der Waals surface area contributed by atoms with Crippen molar-refractivity contribution >= 4 is 39.0 Å². The fraction of sp³-hybridized carbons (Fsp3) is 0.577. The zero-order chi connectivity index (χ0) is 28.1. The number of hydrogen-bond acceptors (Lipinski definition) is 10. The number of carboxylic acids is 1. The largest absolute Gasteiger partial charge is 0.481 e. The molecule has 2 aliphatic rings. The lowest BCUT2D eigenvalue weighted by Crippen LogP contribution is -2.41. The van der Waals surface area contributed by atoms with Crippen LogP contribution in [0, 0.1) is 5.92 Å². The third kappa shape index (κ3) is 9.88. The molecule has 2 heterocycles. The van der Waals surface area contributed by atoms with Gasteiger partial charge in [0.2, 0.25) is 5.01 Å². The van der Waals surface area contributed by atoms with Gasteiger partial charge < -0.3 is 21.1 Å². The van der Waals surface area contributed by atoms with Crippen LogP contribution >= 0.6 is 11.3 Å². The van der Waals surface area contributed by atoms with Gasteiger partial charge in [0, 0.05) is 43.9 Å². The van der Waals surface area contributed by atoms with Gasteiger partial charge >= 0.3 is 5.97 Å². The molecule has 0 fully saturated rings. The first kappa shape index (κ1) is 30.5. The SMILES string of the molecule is CC(CCCC(CNC(=O)c1nnc(CCCCNC2=NCCCN2)s1)C(=O)O)S(=O)(=O)C1=CC=CC=CC1.